The van der Waals surface area contributed by atoms with Crippen molar-refractivity contribution in [1.29, 1.82) is 0 Å². The van der Waals surface area contributed by atoms with E-state index in [2.05, 4.69) is 22.0 Å². The Bertz CT molecular complexity index is 462. The van der Waals surface area contributed by atoms with Crippen LogP contribution in [0, 0.1) is 5.92 Å². The van der Waals surface area contributed by atoms with Crippen LogP contribution in [0.2, 0.25) is 0 Å². The highest BCUT2D eigenvalue weighted by Crippen LogP contribution is 2.28. The third kappa shape index (κ3) is 4.29. The fourth-order valence-electron chi connectivity index (χ4n) is 3.82. The summed E-state index contributed by atoms with van der Waals surface area (Å²) in [6, 6.07) is 4.18. The zero-order valence-electron chi connectivity index (χ0n) is 13.5. The number of nitrogens with one attached hydrogen (secondary N) is 1. The lowest BCUT2D eigenvalue weighted by molar-refractivity contribution is -0.917. The number of pyridine rings is 1. The molecule has 1 aliphatic heterocycles. The van der Waals surface area contributed by atoms with Crippen LogP contribution in [0.15, 0.2) is 24.5 Å². The van der Waals surface area contributed by atoms with Gasteiger partial charge in [0.15, 0.2) is 0 Å². The van der Waals surface area contributed by atoms with Crippen molar-refractivity contribution in [2.75, 3.05) is 26.2 Å². The van der Waals surface area contributed by atoms with E-state index in [-0.39, 0.29) is 0 Å². The molecule has 0 unspecified atom stereocenters. The Hall–Kier alpha value is -1.42. The molecule has 0 spiro atoms. The summed E-state index contributed by atoms with van der Waals surface area (Å²) in [4.78, 5) is 20.1. The molecule has 4 heteroatoms. The van der Waals surface area contributed by atoms with Crippen LogP contribution in [0.5, 0.6) is 0 Å². The average molecular weight is 302 g/mol. The highest BCUT2D eigenvalue weighted by atomic mass is 16.2. The Balaban J connectivity index is 1.38. The lowest BCUT2D eigenvalue weighted by atomic mass is 10.0. The van der Waals surface area contributed by atoms with Gasteiger partial charge in [-0.15, -0.1) is 0 Å². The van der Waals surface area contributed by atoms with E-state index < -0.39 is 0 Å². The van der Waals surface area contributed by atoms with Gasteiger partial charge < -0.3 is 9.80 Å². The van der Waals surface area contributed by atoms with E-state index in [1.807, 2.05) is 12.4 Å². The van der Waals surface area contributed by atoms with Crippen molar-refractivity contribution < 1.29 is 9.69 Å². The average Bonchev–Trinajstić information content (AvgIpc) is 3.08. The van der Waals surface area contributed by atoms with Crippen LogP contribution in [0.3, 0.4) is 0 Å². The Morgan fingerprint density at radius 1 is 1.18 bits per heavy atom. The van der Waals surface area contributed by atoms with Gasteiger partial charge in [0, 0.05) is 24.4 Å². The molecule has 1 amide bonds. The third-order valence-electron chi connectivity index (χ3n) is 5.27. The van der Waals surface area contributed by atoms with Crippen molar-refractivity contribution >= 4 is 5.91 Å². The minimum Gasteiger partial charge on any atom is -0.331 e. The lowest BCUT2D eigenvalue weighted by Gasteiger charge is -2.32. The molecule has 1 aromatic heterocycles. The molecular weight excluding hydrogens is 274 g/mol. The Kier molecular flexibility index (Phi) is 5.43. The fraction of sp³-hybridized carbons (Fsp3) is 0.667. The van der Waals surface area contributed by atoms with Gasteiger partial charge in [0.25, 0.3) is 0 Å². The molecule has 0 atom stereocenters. The first-order chi connectivity index (χ1) is 10.8. The molecule has 0 aromatic carbocycles. The predicted molar refractivity (Wildman–Crippen MR) is 86.4 cm³/mol. The molecule has 1 aliphatic carbocycles. The van der Waals surface area contributed by atoms with Crippen LogP contribution >= 0.6 is 0 Å². The molecule has 4 nitrogen and oxygen atoms in total. The van der Waals surface area contributed by atoms with Gasteiger partial charge in [-0.1, -0.05) is 25.7 Å². The van der Waals surface area contributed by atoms with E-state index in [1.165, 1.54) is 31.2 Å². The van der Waals surface area contributed by atoms with Crippen molar-refractivity contribution in [3.8, 4) is 0 Å². The van der Waals surface area contributed by atoms with E-state index in [0.29, 0.717) is 5.91 Å². The van der Waals surface area contributed by atoms with E-state index in [9.17, 15) is 4.79 Å². The van der Waals surface area contributed by atoms with Crippen LogP contribution in [0.25, 0.3) is 0 Å². The molecule has 2 heterocycles. The number of nitrogens with zero attached hydrogens (tertiary/aromatic N) is 2. The van der Waals surface area contributed by atoms with E-state index >= 15 is 0 Å². The van der Waals surface area contributed by atoms with Crippen molar-refractivity contribution in [3.63, 3.8) is 0 Å². The monoisotopic (exact) mass is 302 g/mol. The summed E-state index contributed by atoms with van der Waals surface area (Å²) >= 11 is 0. The zero-order chi connectivity index (χ0) is 15.2. The van der Waals surface area contributed by atoms with Crippen molar-refractivity contribution in [2.45, 2.75) is 45.1 Å². The van der Waals surface area contributed by atoms with Crippen LogP contribution < -0.4 is 4.90 Å². The number of amides is 1. The molecule has 120 valence electrons. The Morgan fingerprint density at radius 3 is 2.55 bits per heavy atom. The molecule has 3 rings (SSSR count). The summed E-state index contributed by atoms with van der Waals surface area (Å²) in [5, 5.41) is 0. The van der Waals surface area contributed by atoms with Crippen LogP contribution in [0.4, 0.5) is 0 Å². The van der Waals surface area contributed by atoms with Crippen molar-refractivity contribution in [2.24, 2.45) is 5.92 Å². The number of carbonyl (C=O) groups excluding carboxylic acids is 1. The number of quaternary nitrogens is 1. The summed E-state index contributed by atoms with van der Waals surface area (Å²) in [5.74, 6) is 1.21. The third-order valence-corrected chi connectivity index (χ3v) is 5.27. The van der Waals surface area contributed by atoms with Gasteiger partial charge in [0.1, 0.15) is 6.54 Å². The summed E-state index contributed by atoms with van der Waals surface area (Å²) in [7, 11) is 0. The molecule has 1 aromatic rings. The minimum atomic E-state index is 0.384. The highest BCUT2D eigenvalue weighted by Gasteiger charge is 2.24. The summed E-state index contributed by atoms with van der Waals surface area (Å²) in [6.45, 7) is 5.02. The fourth-order valence-corrected chi connectivity index (χ4v) is 3.82. The zero-order valence-corrected chi connectivity index (χ0v) is 13.5. The predicted octanol–water partition coefficient (Wildman–Crippen LogP) is 1.28. The molecular formula is C18H28N3O+. The standard InChI is InChI=1S/C18H27N3O/c22-18(6-5-16-3-1-2-4-16)21-13-11-20(12-14-21)15-17-7-9-19-10-8-17/h7-10,16H,1-6,11-15H2/p+1. The number of rotatable bonds is 5. The van der Waals surface area contributed by atoms with Gasteiger partial charge >= 0.3 is 0 Å². The minimum absolute atomic E-state index is 0.384. The quantitative estimate of drug-likeness (QED) is 0.890. The molecule has 2 aliphatic rings. The number of aromatic nitrogens is 1. The Labute approximate surface area is 133 Å². The first-order valence-corrected chi connectivity index (χ1v) is 8.81. The first-order valence-electron chi connectivity index (χ1n) is 8.81. The maximum atomic E-state index is 12.3. The molecule has 1 saturated carbocycles. The molecule has 2 fully saturated rings. The molecule has 0 bridgehead atoms. The topological polar surface area (TPSA) is 37.6 Å². The molecule has 22 heavy (non-hydrogen) atoms. The lowest BCUT2D eigenvalue weighted by Crippen LogP contribution is -3.13. The number of carbonyl (C=O) groups is 1. The molecule has 0 radical (unpaired) electrons. The highest BCUT2D eigenvalue weighted by molar-refractivity contribution is 5.76. The normalized spacial score (nSPS) is 20.5. The van der Waals surface area contributed by atoms with Gasteiger partial charge in [0.2, 0.25) is 5.91 Å². The van der Waals surface area contributed by atoms with E-state index in [0.717, 1.165) is 51.5 Å². The van der Waals surface area contributed by atoms with Gasteiger partial charge in [0.05, 0.1) is 26.2 Å². The SMILES string of the molecule is O=C(CCC1CCCC1)N1CC[NH+](Cc2ccncc2)CC1. The Morgan fingerprint density at radius 2 is 1.86 bits per heavy atom. The van der Waals surface area contributed by atoms with Gasteiger partial charge in [-0.25, -0.2) is 0 Å². The second kappa shape index (κ2) is 7.73. The molecule has 1 N–H and O–H groups in total. The second-order valence-corrected chi connectivity index (χ2v) is 6.85. The van der Waals surface area contributed by atoms with E-state index in [4.69, 9.17) is 0 Å². The van der Waals surface area contributed by atoms with Crippen LogP contribution in [-0.2, 0) is 11.3 Å². The van der Waals surface area contributed by atoms with Crippen LogP contribution in [0.1, 0.15) is 44.1 Å². The summed E-state index contributed by atoms with van der Waals surface area (Å²) in [5.41, 5.74) is 1.34. The van der Waals surface area contributed by atoms with Gasteiger partial charge in [-0.3, -0.25) is 9.78 Å². The maximum Gasteiger partial charge on any atom is 0.222 e. The first kappa shape index (κ1) is 15.5. The van der Waals surface area contributed by atoms with Gasteiger partial charge in [-0.05, 0) is 24.5 Å². The smallest absolute Gasteiger partial charge is 0.222 e. The van der Waals surface area contributed by atoms with E-state index in [1.54, 1.807) is 4.90 Å². The largest absolute Gasteiger partial charge is 0.331 e. The van der Waals surface area contributed by atoms with Crippen molar-refractivity contribution in [3.05, 3.63) is 30.1 Å². The second-order valence-electron chi connectivity index (χ2n) is 6.85. The van der Waals surface area contributed by atoms with Gasteiger partial charge in [-0.2, -0.15) is 0 Å². The number of hydrogen-bond donors (Lipinski definition) is 1. The number of piperazine rings is 1. The maximum absolute atomic E-state index is 12.3. The van der Waals surface area contributed by atoms with Crippen molar-refractivity contribution in [1.82, 2.24) is 9.88 Å². The summed E-state index contributed by atoms with van der Waals surface area (Å²) in [6.07, 6.45) is 11.0. The van der Waals surface area contributed by atoms with Crippen LogP contribution in [-0.4, -0.2) is 42.0 Å². The number of hydrogen-bond acceptors (Lipinski definition) is 2. The summed E-state index contributed by atoms with van der Waals surface area (Å²) < 4.78 is 0. The molecule has 1 saturated heterocycles.